The Bertz CT molecular complexity index is 1680. The molecule has 0 bridgehead atoms. The summed E-state index contributed by atoms with van der Waals surface area (Å²) in [5.74, 6) is 2.17. The first kappa shape index (κ1) is 28.5. The SMILES string of the molecule is CN(C)c1nc(NCC2CCC(CNS(=O)(=O)c3cc(S(=O)(=O)c4ccccc4)cs3)CC2)nc2ccccc12. The molecule has 40 heavy (non-hydrogen) atoms. The zero-order chi connectivity index (χ0) is 28.3. The van der Waals surface area contributed by atoms with E-state index in [1.165, 1.54) is 23.6 Å². The van der Waals surface area contributed by atoms with Crippen molar-refractivity contribution in [2.24, 2.45) is 11.8 Å². The Morgan fingerprint density at radius 1 is 0.850 bits per heavy atom. The van der Waals surface area contributed by atoms with E-state index in [-0.39, 0.29) is 19.9 Å². The molecule has 212 valence electrons. The fourth-order valence-electron chi connectivity index (χ4n) is 4.97. The molecule has 5 rings (SSSR count). The van der Waals surface area contributed by atoms with Crippen molar-refractivity contribution < 1.29 is 16.8 Å². The quantitative estimate of drug-likeness (QED) is 0.267. The minimum atomic E-state index is -3.80. The lowest BCUT2D eigenvalue weighted by Crippen LogP contribution is -2.32. The zero-order valence-electron chi connectivity index (χ0n) is 22.4. The molecular formula is C28H33N5O4S3. The van der Waals surface area contributed by atoms with Crippen LogP contribution in [0.3, 0.4) is 0 Å². The van der Waals surface area contributed by atoms with Gasteiger partial charge in [-0.2, -0.15) is 4.98 Å². The number of benzene rings is 2. The molecule has 0 spiro atoms. The summed E-state index contributed by atoms with van der Waals surface area (Å²) in [7, 11) is -3.62. The fraction of sp³-hybridized carbons (Fsp3) is 0.357. The van der Waals surface area contributed by atoms with Gasteiger partial charge in [0.1, 0.15) is 10.0 Å². The van der Waals surface area contributed by atoms with Crippen LogP contribution in [-0.4, -0.2) is 54.0 Å². The molecule has 0 atom stereocenters. The highest BCUT2D eigenvalue weighted by Gasteiger charge is 2.26. The highest BCUT2D eigenvalue weighted by molar-refractivity contribution is 7.93. The predicted octanol–water partition coefficient (Wildman–Crippen LogP) is 4.79. The summed E-state index contributed by atoms with van der Waals surface area (Å²) in [4.78, 5) is 11.5. The highest BCUT2D eigenvalue weighted by atomic mass is 32.2. The van der Waals surface area contributed by atoms with Crippen LogP contribution in [0, 0.1) is 11.8 Å². The monoisotopic (exact) mass is 599 g/mol. The topological polar surface area (TPSA) is 121 Å². The van der Waals surface area contributed by atoms with Crippen molar-refractivity contribution in [1.29, 1.82) is 0 Å². The van der Waals surface area contributed by atoms with Gasteiger partial charge in [-0.25, -0.2) is 26.5 Å². The van der Waals surface area contributed by atoms with Crippen molar-refractivity contribution in [3.63, 3.8) is 0 Å². The van der Waals surface area contributed by atoms with Crippen LogP contribution in [0.25, 0.3) is 10.9 Å². The van der Waals surface area contributed by atoms with Gasteiger partial charge in [-0.05, 0) is 67.9 Å². The number of sulfonamides is 1. The minimum Gasteiger partial charge on any atom is -0.362 e. The molecule has 2 N–H and O–H groups in total. The molecule has 12 heteroatoms. The van der Waals surface area contributed by atoms with Crippen molar-refractivity contribution in [3.05, 3.63) is 66.0 Å². The van der Waals surface area contributed by atoms with E-state index in [4.69, 9.17) is 4.98 Å². The maximum atomic E-state index is 12.9. The van der Waals surface area contributed by atoms with Gasteiger partial charge in [0.2, 0.25) is 25.8 Å². The lowest BCUT2D eigenvalue weighted by molar-refractivity contribution is 0.284. The van der Waals surface area contributed by atoms with Gasteiger partial charge in [0.25, 0.3) is 0 Å². The molecule has 0 radical (unpaired) electrons. The zero-order valence-corrected chi connectivity index (χ0v) is 24.9. The second-order valence-electron chi connectivity index (χ2n) is 10.3. The Morgan fingerprint density at radius 3 is 2.20 bits per heavy atom. The van der Waals surface area contributed by atoms with Crippen LogP contribution in [-0.2, 0) is 19.9 Å². The van der Waals surface area contributed by atoms with Crippen LogP contribution in [0.1, 0.15) is 25.7 Å². The summed E-state index contributed by atoms with van der Waals surface area (Å²) in [6.45, 7) is 1.10. The van der Waals surface area contributed by atoms with Crippen molar-refractivity contribution in [3.8, 4) is 0 Å². The van der Waals surface area contributed by atoms with Crippen LogP contribution >= 0.6 is 11.3 Å². The van der Waals surface area contributed by atoms with E-state index in [2.05, 4.69) is 15.0 Å². The number of nitrogens with one attached hydrogen (secondary N) is 2. The minimum absolute atomic E-state index is 0.00682. The van der Waals surface area contributed by atoms with Gasteiger partial charge in [0, 0.05) is 38.0 Å². The van der Waals surface area contributed by atoms with Gasteiger partial charge in [-0.1, -0.05) is 30.3 Å². The van der Waals surface area contributed by atoms with Gasteiger partial charge in [-0.15, -0.1) is 11.3 Å². The number of fused-ring (bicyclic) bond motifs is 1. The van der Waals surface area contributed by atoms with Crippen LogP contribution in [0.2, 0.25) is 0 Å². The Morgan fingerprint density at radius 2 is 1.50 bits per heavy atom. The molecule has 0 saturated heterocycles. The van der Waals surface area contributed by atoms with Gasteiger partial charge in [0.05, 0.1) is 15.3 Å². The third-order valence-electron chi connectivity index (χ3n) is 7.26. The molecule has 0 unspecified atom stereocenters. The van der Waals surface area contributed by atoms with Crippen molar-refractivity contribution in [2.45, 2.75) is 39.7 Å². The number of anilines is 2. The van der Waals surface area contributed by atoms with E-state index in [0.717, 1.165) is 60.3 Å². The van der Waals surface area contributed by atoms with Crippen molar-refractivity contribution in [1.82, 2.24) is 14.7 Å². The average Bonchev–Trinajstić information content (AvgIpc) is 3.48. The summed E-state index contributed by atoms with van der Waals surface area (Å²) in [5, 5.41) is 5.81. The molecule has 0 amide bonds. The normalized spacial score (nSPS) is 18.1. The maximum Gasteiger partial charge on any atom is 0.250 e. The van der Waals surface area contributed by atoms with Gasteiger partial charge in [0.15, 0.2) is 0 Å². The summed E-state index contributed by atoms with van der Waals surface area (Å²) in [6.07, 6.45) is 3.78. The largest absolute Gasteiger partial charge is 0.362 e. The van der Waals surface area contributed by atoms with E-state index in [0.29, 0.717) is 18.4 Å². The predicted molar refractivity (Wildman–Crippen MR) is 159 cm³/mol. The van der Waals surface area contributed by atoms with E-state index < -0.39 is 19.9 Å². The van der Waals surface area contributed by atoms with Crippen LogP contribution in [0.5, 0.6) is 0 Å². The number of sulfone groups is 1. The number of aromatic nitrogens is 2. The van der Waals surface area contributed by atoms with Crippen molar-refractivity contribution in [2.75, 3.05) is 37.4 Å². The highest BCUT2D eigenvalue weighted by Crippen LogP contribution is 2.31. The van der Waals surface area contributed by atoms with Crippen LogP contribution in [0.4, 0.5) is 11.8 Å². The standard InChI is InChI=1S/C28H33N5O4S3/c1-33(2)27-24-10-6-7-11-25(24)31-28(32-27)29-17-20-12-14-21(15-13-20)18-30-40(36,37)26-16-23(19-38-26)39(34,35)22-8-4-3-5-9-22/h3-11,16,19-21,30H,12-15,17-18H2,1-2H3,(H,29,31,32). The Labute approximate surface area is 239 Å². The van der Waals surface area contributed by atoms with Gasteiger partial charge < -0.3 is 10.2 Å². The second-order valence-corrected chi connectivity index (χ2v) is 15.2. The Hall–Kier alpha value is -3.06. The molecule has 4 aromatic rings. The number of rotatable bonds is 10. The van der Waals surface area contributed by atoms with Gasteiger partial charge in [-0.3, -0.25) is 0 Å². The van der Waals surface area contributed by atoms with E-state index in [1.807, 2.05) is 43.3 Å². The van der Waals surface area contributed by atoms with Crippen molar-refractivity contribution >= 4 is 53.9 Å². The summed E-state index contributed by atoms with van der Waals surface area (Å²) < 4.78 is 54.2. The van der Waals surface area contributed by atoms with E-state index in [1.54, 1.807) is 18.2 Å². The summed E-state index contributed by atoms with van der Waals surface area (Å²) in [6, 6.07) is 17.2. The van der Waals surface area contributed by atoms with Crippen LogP contribution in [0.15, 0.2) is 80.0 Å². The number of para-hydroxylation sites is 1. The lowest BCUT2D eigenvalue weighted by atomic mass is 9.82. The molecule has 0 aliphatic heterocycles. The number of hydrogen-bond acceptors (Lipinski definition) is 9. The average molecular weight is 600 g/mol. The first-order valence-corrected chi connectivity index (χ1v) is 17.0. The molecular weight excluding hydrogens is 567 g/mol. The molecule has 1 aliphatic rings. The number of hydrogen-bond donors (Lipinski definition) is 2. The lowest BCUT2D eigenvalue weighted by Gasteiger charge is -2.28. The Balaban J connectivity index is 1.13. The molecule has 1 fully saturated rings. The molecule has 1 saturated carbocycles. The third kappa shape index (κ3) is 6.30. The Kier molecular flexibility index (Phi) is 8.41. The molecule has 9 nitrogen and oxygen atoms in total. The molecule has 2 aromatic carbocycles. The first-order valence-electron chi connectivity index (χ1n) is 13.2. The number of nitrogens with zero attached hydrogens (tertiary/aromatic N) is 3. The molecule has 2 heterocycles. The molecule has 1 aliphatic carbocycles. The van der Waals surface area contributed by atoms with Crippen LogP contribution < -0.4 is 14.9 Å². The third-order valence-corrected chi connectivity index (χ3v) is 12.0. The number of thiophene rings is 1. The van der Waals surface area contributed by atoms with E-state index in [9.17, 15) is 16.8 Å². The first-order chi connectivity index (χ1) is 19.1. The van der Waals surface area contributed by atoms with E-state index >= 15 is 0 Å². The van der Waals surface area contributed by atoms with Gasteiger partial charge >= 0.3 is 0 Å². The fourth-order valence-corrected chi connectivity index (χ4v) is 9.04. The molecule has 2 aromatic heterocycles. The smallest absolute Gasteiger partial charge is 0.250 e. The second kappa shape index (κ2) is 11.8. The summed E-state index contributed by atoms with van der Waals surface area (Å²) in [5.41, 5.74) is 0.898. The maximum absolute atomic E-state index is 12.9. The summed E-state index contributed by atoms with van der Waals surface area (Å²) >= 11 is 0.920.